The topological polar surface area (TPSA) is 38.3 Å². The lowest BCUT2D eigenvalue weighted by Gasteiger charge is -2.06. The lowest BCUT2D eigenvalue weighted by atomic mass is 10.0. The van der Waals surface area contributed by atoms with Gasteiger partial charge in [-0.15, -0.1) is 0 Å². The Morgan fingerprint density at radius 3 is 2.75 bits per heavy atom. The van der Waals surface area contributed by atoms with E-state index in [0.29, 0.717) is 19.6 Å². The van der Waals surface area contributed by atoms with Crippen molar-refractivity contribution in [3.8, 4) is 0 Å². The standard InChI is InChI=1S/C17H21NO2/c1-2-20-11-5-10-18-17(19)13-14-8-9-15-6-3-4-7-16(15)12-14/h3-4,6-9,12H,2,5,10-11,13H2,1H3,(H,18,19). The molecular formula is C17H21NO2. The molecule has 106 valence electrons. The van der Waals surface area contributed by atoms with Crippen molar-refractivity contribution in [2.75, 3.05) is 19.8 Å². The summed E-state index contributed by atoms with van der Waals surface area (Å²) in [6, 6.07) is 14.3. The number of benzene rings is 2. The quantitative estimate of drug-likeness (QED) is 0.786. The van der Waals surface area contributed by atoms with Gasteiger partial charge in [-0.3, -0.25) is 4.79 Å². The first kappa shape index (κ1) is 14.5. The fourth-order valence-corrected chi connectivity index (χ4v) is 2.14. The predicted octanol–water partition coefficient (Wildman–Crippen LogP) is 2.93. The van der Waals surface area contributed by atoms with Crippen LogP contribution in [0.4, 0.5) is 0 Å². The third-order valence-electron chi connectivity index (χ3n) is 3.17. The molecule has 1 amide bonds. The molecule has 3 nitrogen and oxygen atoms in total. The molecule has 3 heteroatoms. The maximum atomic E-state index is 11.8. The van der Waals surface area contributed by atoms with Crippen LogP contribution in [0.25, 0.3) is 10.8 Å². The van der Waals surface area contributed by atoms with Gasteiger partial charge in [-0.25, -0.2) is 0 Å². The Labute approximate surface area is 119 Å². The van der Waals surface area contributed by atoms with Crippen molar-refractivity contribution in [2.24, 2.45) is 0 Å². The summed E-state index contributed by atoms with van der Waals surface area (Å²) in [5.41, 5.74) is 1.05. The highest BCUT2D eigenvalue weighted by Crippen LogP contribution is 2.15. The number of rotatable bonds is 7. The Bertz CT molecular complexity index is 566. The van der Waals surface area contributed by atoms with Gasteiger partial charge >= 0.3 is 0 Å². The maximum absolute atomic E-state index is 11.8. The number of ether oxygens (including phenoxy) is 1. The Hall–Kier alpha value is -1.87. The van der Waals surface area contributed by atoms with Crippen LogP contribution in [0.5, 0.6) is 0 Å². The molecule has 1 N–H and O–H groups in total. The Kier molecular flexibility index (Phi) is 5.56. The van der Waals surface area contributed by atoms with Crippen LogP contribution in [-0.2, 0) is 16.0 Å². The van der Waals surface area contributed by atoms with Gasteiger partial charge in [0, 0.05) is 19.8 Å². The zero-order valence-electron chi connectivity index (χ0n) is 11.9. The van der Waals surface area contributed by atoms with E-state index in [-0.39, 0.29) is 5.91 Å². The van der Waals surface area contributed by atoms with Crippen LogP contribution < -0.4 is 5.32 Å². The van der Waals surface area contributed by atoms with E-state index in [1.54, 1.807) is 0 Å². The average Bonchev–Trinajstić information content (AvgIpc) is 2.47. The second kappa shape index (κ2) is 7.65. The Balaban J connectivity index is 1.83. The van der Waals surface area contributed by atoms with Crippen LogP contribution in [0.2, 0.25) is 0 Å². The largest absolute Gasteiger partial charge is 0.382 e. The first-order valence-electron chi connectivity index (χ1n) is 7.11. The van der Waals surface area contributed by atoms with E-state index >= 15 is 0 Å². The van der Waals surface area contributed by atoms with Gasteiger partial charge in [0.05, 0.1) is 6.42 Å². The van der Waals surface area contributed by atoms with E-state index in [9.17, 15) is 4.79 Å². The first-order valence-corrected chi connectivity index (χ1v) is 7.11. The Morgan fingerprint density at radius 2 is 1.95 bits per heavy atom. The lowest BCUT2D eigenvalue weighted by molar-refractivity contribution is -0.120. The van der Waals surface area contributed by atoms with Crippen molar-refractivity contribution < 1.29 is 9.53 Å². The fourth-order valence-electron chi connectivity index (χ4n) is 2.14. The van der Waals surface area contributed by atoms with Gasteiger partial charge in [-0.05, 0) is 29.7 Å². The molecule has 0 saturated heterocycles. The minimum atomic E-state index is 0.0665. The van der Waals surface area contributed by atoms with Crippen LogP contribution in [0.15, 0.2) is 42.5 Å². The van der Waals surface area contributed by atoms with Gasteiger partial charge in [0.25, 0.3) is 0 Å². The van der Waals surface area contributed by atoms with Crippen molar-refractivity contribution in [1.29, 1.82) is 0 Å². The van der Waals surface area contributed by atoms with Crippen molar-refractivity contribution in [1.82, 2.24) is 5.32 Å². The second-order valence-electron chi connectivity index (χ2n) is 4.76. The van der Waals surface area contributed by atoms with E-state index in [0.717, 1.165) is 18.6 Å². The summed E-state index contributed by atoms with van der Waals surface area (Å²) in [6.07, 6.45) is 1.29. The van der Waals surface area contributed by atoms with Crippen molar-refractivity contribution in [3.05, 3.63) is 48.0 Å². The summed E-state index contributed by atoms with van der Waals surface area (Å²) in [4.78, 5) is 11.8. The predicted molar refractivity (Wildman–Crippen MR) is 81.8 cm³/mol. The molecule has 0 unspecified atom stereocenters. The van der Waals surface area contributed by atoms with Crippen LogP contribution in [0.1, 0.15) is 18.9 Å². The molecular weight excluding hydrogens is 250 g/mol. The molecule has 2 aromatic rings. The summed E-state index contributed by atoms with van der Waals surface area (Å²) < 4.78 is 5.23. The molecule has 0 aromatic heterocycles. The minimum absolute atomic E-state index is 0.0665. The Morgan fingerprint density at radius 1 is 1.15 bits per heavy atom. The van der Waals surface area contributed by atoms with Gasteiger partial charge in [0.1, 0.15) is 0 Å². The molecule has 20 heavy (non-hydrogen) atoms. The molecule has 0 aliphatic carbocycles. The molecule has 0 bridgehead atoms. The van der Waals surface area contributed by atoms with Gasteiger partial charge in [0.15, 0.2) is 0 Å². The highest BCUT2D eigenvalue weighted by molar-refractivity contribution is 5.85. The smallest absolute Gasteiger partial charge is 0.224 e. The zero-order valence-corrected chi connectivity index (χ0v) is 11.9. The third kappa shape index (κ3) is 4.35. The number of fused-ring (bicyclic) bond motifs is 1. The van der Waals surface area contributed by atoms with E-state index < -0.39 is 0 Å². The first-order chi connectivity index (χ1) is 9.79. The van der Waals surface area contributed by atoms with Gasteiger partial charge in [0.2, 0.25) is 5.91 Å². The number of hydrogen-bond donors (Lipinski definition) is 1. The lowest BCUT2D eigenvalue weighted by Crippen LogP contribution is -2.26. The summed E-state index contributed by atoms with van der Waals surface area (Å²) in [5.74, 6) is 0.0665. The number of carbonyl (C=O) groups is 1. The maximum Gasteiger partial charge on any atom is 0.224 e. The van der Waals surface area contributed by atoms with Crippen LogP contribution in [-0.4, -0.2) is 25.7 Å². The molecule has 0 aliphatic heterocycles. The molecule has 2 aromatic carbocycles. The van der Waals surface area contributed by atoms with Gasteiger partial charge in [-0.1, -0.05) is 42.5 Å². The molecule has 0 fully saturated rings. The van der Waals surface area contributed by atoms with Crippen molar-refractivity contribution in [2.45, 2.75) is 19.8 Å². The summed E-state index contributed by atoms with van der Waals surface area (Å²) in [6.45, 7) is 4.07. The summed E-state index contributed by atoms with van der Waals surface area (Å²) in [7, 11) is 0. The fraction of sp³-hybridized carbons (Fsp3) is 0.353. The van der Waals surface area contributed by atoms with Crippen molar-refractivity contribution in [3.63, 3.8) is 0 Å². The number of nitrogens with one attached hydrogen (secondary N) is 1. The minimum Gasteiger partial charge on any atom is -0.382 e. The molecule has 0 aliphatic rings. The van der Waals surface area contributed by atoms with E-state index in [4.69, 9.17) is 4.74 Å². The summed E-state index contributed by atoms with van der Waals surface area (Å²) in [5, 5.41) is 5.30. The van der Waals surface area contributed by atoms with Gasteiger partial charge < -0.3 is 10.1 Å². The molecule has 0 spiro atoms. The SMILES string of the molecule is CCOCCCNC(=O)Cc1ccc2ccccc2c1. The zero-order chi connectivity index (χ0) is 14.2. The van der Waals surface area contributed by atoms with Gasteiger partial charge in [-0.2, -0.15) is 0 Å². The normalized spacial score (nSPS) is 10.7. The molecule has 0 radical (unpaired) electrons. The van der Waals surface area contributed by atoms with E-state index in [2.05, 4.69) is 29.6 Å². The van der Waals surface area contributed by atoms with Crippen LogP contribution in [0, 0.1) is 0 Å². The highest BCUT2D eigenvalue weighted by atomic mass is 16.5. The van der Waals surface area contributed by atoms with Crippen molar-refractivity contribution >= 4 is 16.7 Å². The molecule has 0 atom stereocenters. The van der Waals surface area contributed by atoms with Crippen LogP contribution in [0.3, 0.4) is 0 Å². The van der Waals surface area contributed by atoms with Crippen LogP contribution >= 0.6 is 0 Å². The average molecular weight is 271 g/mol. The second-order valence-corrected chi connectivity index (χ2v) is 4.76. The molecule has 0 saturated carbocycles. The summed E-state index contributed by atoms with van der Waals surface area (Å²) >= 11 is 0. The highest BCUT2D eigenvalue weighted by Gasteiger charge is 2.03. The monoisotopic (exact) mass is 271 g/mol. The number of carbonyl (C=O) groups excluding carboxylic acids is 1. The van der Waals surface area contributed by atoms with E-state index in [1.165, 1.54) is 10.8 Å². The molecule has 2 rings (SSSR count). The third-order valence-corrected chi connectivity index (χ3v) is 3.17. The molecule has 0 heterocycles. The van der Waals surface area contributed by atoms with E-state index in [1.807, 2.05) is 25.1 Å². The number of amides is 1. The number of hydrogen-bond acceptors (Lipinski definition) is 2.